The van der Waals surface area contributed by atoms with Crippen LogP contribution in [-0.4, -0.2) is 67.6 Å². The second-order valence-corrected chi connectivity index (χ2v) is 9.02. The molecule has 1 aromatic carbocycles. The number of amides is 3. The number of nitrogens with one attached hydrogen (secondary N) is 3. The standard InChI is InChI=1S/C24H36N4O5/c1-16(2)22-24(31)25-9-5-11-28(10-4-6-21(29)26-17(3)23(30)27-22)15-18-7-8-19-20(14-18)33-13-12-32-19/h7-8,14,16-17,22H,4-6,9-13,15H2,1-3H3,(H,25,31)(H,26,29)(H,27,30)/t17-,22-/m1/s1. The van der Waals surface area contributed by atoms with Gasteiger partial charge in [0.2, 0.25) is 17.7 Å². The average Bonchev–Trinajstić information content (AvgIpc) is 2.79. The number of rotatable bonds is 3. The van der Waals surface area contributed by atoms with Crippen molar-refractivity contribution >= 4 is 17.7 Å². The molecule has 3 rings (SSSR count). The second kappa shape index (κ2) is 11.9. The van der Waals surface area contributed by atoms with Crippen LogP contribution in [0, 0.1) is 5.92 Å². The van der Waals surface area contributed by atoms with E-state index in [-0.39, 0.29) is 23.6 Å². The van der Waals surface area contributed by atoms with Gasteiger partial charge >= 0.3 is 0 Å². The zero-order chi connectivity index (χ0) is 23.8. The van der Waals surface area contributed by atoms with E-state index in [1.807, 2.05) is 32.0 Å². The second-order valence-electron chi connectivity index (χ2n) is 9.02. The number of fused-ring (bicyclic) bond motifs is 1. The van der Waals surface area contributed by atoms with Gasteiger partial charge in [-0.25, -0.2) is 0 Å². The lowest BCUT2D eigenvalue weighted by atomic mass is 10.0. The summed E-state index contributed by atoms with van der Waals surface area (Å²) < 4.78 is 11.3. The largest absolute Gasteiger partial charge is 0.486 e. The molecule has 0 saturated carbocycles. The van der Waals surface area contributed by atoms with Crippen LogP contribution >= 0.6 is 0 Å². The minimum Gasteiger partial charge on any atom is -0.486 e. The lowest BCUT2D eigenvalue weighted by Gasteiger charge is -2.24. The van der Waals surface area contributed by atoms with E-state index >= 15 is 0 Å². The molecule has 0 unspecified atom stereocenters. The van der Waals surface area contributed by atoms with Gasteiger partial charge in [0.1, 0.15) is 25.3 Å². The van der Waals surface area contributed by atoms with Crippen molar-refractivity contribution in [2.24, 2.45) is 5.92 Å². The maximum absolute atomic E-state index is 12.7. The van der Waals surface area contributed by atoms with E-state index in [1.54, 1.807) is 6.92 Å². The molecule has 33 heavy (non-hydrogen) atoms. The van der Waals surface area contributed by atoms with Crippen LogP contribution in [0.25, 0.3) is 0 Å². The Morgan fingerprint density at radius 3 is 2.48 bits per heavy atom. The molecular weight excluding hydrogens is 424 g/mol. The third-order valence-corrected chi connectivity index (χ3v) is 5.86. The maximum atomic E-state index is 12.7. The van der Waals surface area contributed by atoms with E-state index < -0.39 is 12.1 Å². The summed E-state index contributed by atoms with van der Waals surface area (Å²) in [7, 11) is 0. The number of hydrogen-bond donors (Lipinski definition) is 3. The Morgan fingerprint density at radius 1 is 1.00 bits per heavy atom. The van der Waals surface area contributed by atoms with Crippen molar-refractivity contribution in [1.82, 2.24) is 20.9 Å². The van der Waals surface area contributed by atoms with Crippen molar-refractivity contribution in [2.45, 2.75) is 58.7 Å². The summed E-state index contributed by atoms with van der Waals surface area (Å²) in [6.07, 6.45) is 1.77. The van der Waals surface area contributed by atoms with E-state index in [9.17, 15) is 14.4 Å². The molecule has 1 aromatic rings. The van der Waals surface area contributed by atoms with Crippen LogP contribution in [0.1, 0.15) is 45.6 Å². The van der Waals surface area contributed by atoms with E-state index in [1.165, 1.54) is 0 Å². The highest BCUT2D eigenvalue weighted by Crippen LogP contribution is 2.31. The van der Waals surface area contributed by atoms with Gasteiger partial charge in [0, 0.05) is 26.1 Å². The number of carbonyl (C=O) groups excluding carboxylic acids is 3. The molecule has 2 aliphatic rings. The highest BCUT2D eigenvalue weighted by molar-refractivity contribution is 5.91. The predicted octanol–water partition coefficient (Wildman–Crippen LogP) is 1.21. The predicted molar refractivity (Wildman–Crippen MR) is 124 cm³/mol. The fourth-order valence-corrected chi connectivity index (χ4v) is 3.99. The molecule has 2 aliphatic heterocycles. The summed E-state index contributed by atoms with van der Waals surface area (Å²) in [5.74, 6) is 0.724. The van der Waals surface area contributed by atoms with Gasteiger partial charge in [0.15, 0.2) is 11.5 Å². The summed E-state index contributed by atoms with van der Waals surface area (Å²) in [4.78, 5) is 39.8. The molecule has 0 radical (unpaired) electrons. The van der Waals surface area contributed by atoms with Gasteiger partial charge in [-0.05, 0) is 49.9 Å². The third kappa shape index (κ3) is 7.35. The molecular formula is C24H36N4O5. The van der Waals surface area contributed by atoms with Crippen LogP contribution in [0.4, 0.5) is 0 Å². The van der Waals surface area contributed by atoms with Gasteiger partial charge in [0.25, 0.3) is 0 Å². The van der Waals surface area contributed by atoms with Gasteiger partial charge < -0.3 is 25.4 Å². The van der Waals surface area contributed by atoms with E-state index in [0.717, 1.165) is 36.6 Å². The summed E-state index contributed by atoms with van der Waals surface area (Å²) in [6.45, 7) is 9.23. The van der Waals surface area contributed by atoms with Crippen molar-refractivity contribution < 1.29 is 23.9 Å². The molecule has 0 aromatic heterocycles. The van der Waals surface area contributed by atoms with E-state index in [0.29, 0.717) is 39.1 Å². The quantitative estimate of drug-likeness (QED) is 0.626. The highest BCUT2D eigenvalue weighted by atomic mass is 16.6. The Bertz CT molecular complexity index is 844. The molecule has 9 nitrogen and oxygen atoms in total. The zero-order valence-electron chi connectivity index (χ0n) is 19.8. The highest BCUT2D eigenvalue weighted by Gasteiger charge is 2.27. The van der Waals surface area contributed by atoms with Crippen molar-refractivity contribution in [3.8, 4) is 11.5 Å². The van der Waals surface area contributed by atoms with Crippen LogP contribution in [0.2, 0.25) is 0 Å². The summed E-state index contributed by atoms with van der Waals surface area (Å²) in [5, 5.41) is 8.46. The molecule has 9 heteroatoms. The maximum Gasteiger partial charge on any atom is 0.242 e. The summed E-state index contributed by atoms with van der Waals surface area (Å²) >= 11 is 0. The lowest BCUT2D eigenvalue weighted by molar-refractivity contribution is -0.132. The molecule has 2 atom stereocenters. The van der Waals surface area contributed by atoms with Crippen molar-refractivity contribution in [1.29, 1.82) is 0 Å². The molecule has 3 N–H and O–H groups in total. The van der Waals surface area contributed by atoms with E-state index in [2.05, 4.69) is 20.9 Å². The topological polar surface area (TPSA) is 109 Å². The summed E-state index contributed by atoms with van der Waals surface area (Å²) in [6, 6.07) is 4.62. The minimum absolute atomic E-state index is 0.0701. The normalized spacial score (nSPS) is 23.7. The zero-order valence-corrected chi connectivity index (χ0v) is 19.8. The number of ether oxygens (including phenoxy) is 2. The summed E-state index contributed by atoms with van der Waals surface area (Å²) in [5.41, 5.74) is 1.11. The first-order chi connectivity index (χ1) is 15.8. The molecule has 0 bridgehead atoms. The first kappa shape index (κ1) is 24.8. The number of hydrogen-bond acceptors (Lipinski definition) is 6. The van der Waals surface area contributed by atoms with Crippen LogP contribution in [0.5, 0.6) is 11.5 Å². The van der Waals surface area contributed by atoms with Crippen molar-refractivity contribution in [3.63, 3.8) is 0 Å². The van der Waals surface area contributed by atoms with Crippen LogP contribution in [-0.2, 0) is 20.9 Å². The Labute approximate surface area is 195 Å². The Kier molecular flexibility index (Phi) is 8.94. The monoisotopic (exact) mass is 460 g/mol. The van der Waals surface area contributed by atoms with Crippen LogP contribution in [0.15, 0.2) is 18.2 Å². The number of carbonyl (C=O) groups is 3. The fraction of sp³-hybridized carbons (Fsp3) is 0.625. The molecule has 1 fully saturated rings. The Balaban J connectivity index is 1.67. The van der Waals surface area contributed by atoms with Crippen LogP contribution in [0.3, 0.4) is 0 Å². The molecule has 2 heterocycles. The Morgan fingerprint density at radius 2 is 1.73 bits per heavy atom. The van der Waals surface area contributed by atoms with Gasteiger partial charge in [-0.2, -0.15) is 0 Å². The molecule has 0 spiro atoms. The number of benzene rings is 1. The van der Waals surface area contributed by atoms with Crippen molar-refractivity contribution in [2.75, 3.05) is 32.8 Å². The first-order valence-electron chi connectivity index (χ1n) is 11.8. The van der Waals surface area contributed by atoms with Crippen LogP contribution < -0.4 is 25.4 Å². The third-order valence-electron chi connectivity index (χ3n) is 5.86. The smallest absolute Gasteiger partial charge is 0.242 e. The molecule has 0 aliphatic carbocycles. The lowest BCUT2D eigenvalue weighted by Crippen LogP contribution is -2.54. The SMILES string of the molecule is CC(C)[C@H]1NC(=O)[C@@H](C)NC(=O)CCCN(Cc2ccc3c(c2)OCCO3)CCCNC1=O. The molecule has 1 saturated heterocycles. The first-order valence-corrected chi connectivity index (χ1v) is 11.8. The number of nitrogens with zero attached hydrogens (tertiary/aromatic N) is 1. The average molecular weight is 461 g/mol. The van der Waals surface area contributed by atoms with Gasteiger partial charge in [0.05, 0.1) is 0 Å². The van der Waals surface area contributed by atoms with Gasteiger partial charge in [-0.3, -0.25) is 19.3 Å². The van der Waals surface area contributed by atoms with Gasteiger partial charge in [-0.1, -0.05) is 19.9 Å². The van der Waals surface area contributed by atoms with Crippen molar-refractivity contribution in [3.05, 3.63) is 23.8 Å². The molecule has 3 amide bonds. The minimum atomic E-state index is -0.703. The fourth-order valence-electron chi connectivity index (χ4n) is 3.99. The van der Waals surface area contributed by atoms with E-state index in [4.69, 9.17) is 9.47 Å². The molecule has 182 valence electrons. The Hall–Kier alpha value is -2.81. The van der Waals surface area contributed by atoms with Gasteiger partial charge in [-0.15, -0.1) is 0 Å².